The molecule has 0 bridgehead atoms. The maximum Gasteiger partial charge on any atom is 0.234 e. The fourth-order valence-corrected chi connectivity index (χ4v) is 2.32. The van der Waals surface area contributed by atoms with E-state index in [0.29, 0.717) is 25.6 Å². The second-order valence-electron chi connectivity index (χ2n) is 5.40. The molecule has 1 aliphatic rings. The lowest BCUT2D eigenvalue weighted by Crippen LogP contribution is -2.40. The standard InChI is InChI=1S/C15H23N3O2/c19-8-7-18(11-14-5-2-6-16-9-14)12-15(20)17-10-13-3-1-4-13/h2,5-6,9,13,19H,1,3-4,7-8,10-12H2,(H,17,20). The van der Waals surface area contributed by atoms with Crippen LogP contribution in [0.1, 0.15) is 24.8 Å². The van der Waals surface area contributed by atoms with Crippen LogP contribution in [-0.4, -0.2) is 47.1 Å². The molecule has 0 spiro atoms. The monoisotopic (exact) mass is 277 g/mol. The topological polar surface area (TPSA) is 65.5 Å². The average Bonchev–Trinajstić information content (AvgIpc) is 2.38. The Morgan fingerprint density at radius 1 is 1.50 bits per heavy atom. The van der Waals surface area contributed by atoms with Gasteiger partial charge in [0.2, 0.25) is 5.91 Å². The highest BCUT2D eigenvalue weighted by Gasteiger charge is 2.18. The van der Waals surface area contributed by atoms with Crippen LogP contribution in [0, 0.1) is 5.92 Å². The summed E-state index contributed by atoms with van der Waals surface area (Å²) >= 11 is 0. The molecule has 1 heterocycles. The smallest absolute Gasteiger partial charge is 0.234 e. The molecule has 5 nitrogen and oxygen atoms in total. The maximum atomic E-state index is 11.9. The van der Waals surface area contributed by atoms with Gasteiger partial charge in [0.25, 0.3) is 0 Å². The van der Waals surface area contributed by atoms with E-state index in [2.05, 4.69) is 10.3 Å². The van der Waals surface area contributed by atoms with Crippen molar-refractivity contribution in [1.29, 1.82) is 0 Å². The van der Waals surface area contributed by atoms with Crippen LogP contribution < -0.4 is 5.32 Å². The Kier molecular flexibility index (Phi) is 5.95. The van der Waals surface area contributed by atoms with Gasteiger partial charge in [-0.2, -0.15) is 0 Å². The van der Waals surface area contributed by atoms with Gasteiger partial charge < -0.3 is 10.4 Å². The Morgan fingerprint density at radius 3 is 2.95 bits per heavy atom. The third kappa shape index (κ3) is 4.90. The van der Waals surface area contributed by atoms with Gasteiger partial charge >= 0.3 is 0 Å². The van der Waals surface area contributed by atoms with E-state index < -0.39 is 0 Å². The molecule has 110 valence electrons. The lowest BCUT2D eigenvalue weighted by Gasteiger charge is -2.26. The first-order valence-electron chi connectivity index (χ1n) is 7.26. The quantitative estimate of drug-likeness (QED) is 0.737. The SMILES string of the molecule is O=C(CN(CCO)Cc1cccnc1)NCC1CCC1. The van der Waals surface area contributed by atoms with Gasteiger partial charge in [0, 0.05) is 32.0 Å². The molecule has 0 aliphatic heterocycles. The molecule has 0 saturated heterocycles. The minimum absolute atomic E-state index is 0.0363. The van der Waals surface area contributed by atoms with Crippen molar-refractivity contribution in [2.24, 2.45) is 5.92 Å². The molecule has 0 unspecified atom stereocenters. The zero-order valence-electron chi connectivity index (χ0n) is 11.8. The molecule has 2 N–H and O–H groups in total. The van der Waals surface area contributed by atoms with Gasteiger partial charge in [0.15, 0.2) is 0 Å². The van der Waals surface area contributed by atoms with Gasteiger partial charge in [-0.15, -0.1) is 0 Å². The third-order valence-electron chi connectivity index (χ3n) is 3.73. The number of amides is 1. The number of aromatic nitrogens is 1. The number of pyridine rings is 1. The predicted octanol–water partition coefficient (Wildman–Crippen LogP) is 0.792. The van der Waals surface area contributed by atoms with Crippen molar-refractivity contribution < 1.29 is 9.90 Å². The minimum atomic E-state index is 0.0363. The fourth-order valence-electron chi connectivity index (χ4n) is 2.32. The normalized spacial score (nSPS) is 15.1. The van der Waals surface area contributed by atoms with Gasteiger partial charge in [-0.1, -0.05) is 12.5 Å². The summed E-state index contributed by atoms with van der Waals surface area (Å²) in [4.78, 5) is 17.9. The van der Waals surface area contributed by atoms with Gasteiger partial charge in [-0.05, 0) is 30.4 Å². The van der Waals surface area contributed by atoms with E-state index in [1.165, 1.54) is 19.3 Å². The van der Waals surface area contributed by atoms with E-state index in [1.54, 1.807) is 12.4 Å². The van der Waals surface area contributed by atoms with E-state index in [0.717, 1.165) is 12.1 Å². The Labute approximate surface area is 120 Å². The number of aliphatic hydroxyl groups is 1. The highest BCUT2D eigenvalue weighted by atomic mass is 16.3. The molecule has 1 fully saturated rings. The van der Waals surface area contributed by atoms with Gasteiger partial charge in [-0.25, -0.2) is 0 Å². The summed E-state index contributed by atoms with van der Waals surface area (Å²) in [5.41, 5.74) is 1.05. The Morgan fingerprint density at radius 2 is 2.35 bits per heavy atom. The highest BCUT2D eigenvalue weighted by Crippen LogP contribution is 2.25. The minimum Gasteiger partial charge on any atom is -0.395 e. The number of carbonyl (C=O) groups excluding carboxylic acids is 1. The van der Waals surface area contributed by atoms with Gasteiger partial charge in [0.1, 0.15) is 0 Å². The first-order valence-corrected chi connectivity index (χ1v) is 7.26. The van der Waals surface area contributed by atoms with Crippen LogP contribution in [0.4, 0.5) is 0 Å². The summed E-state index contributed by atoms with van der Waals surface area (Å²) in [5.74, 6) is 0.706. The van der Waals surface area contributed by atoms with E-state index in [9.17, 15) is 4.79 Å². The number of carbonyl (C=O) groups is 1. The van der Waals surface area contributed by atoms with Crippen molar-refractivity contribution in [1.82, 2.24) is 15.2 Å². The van der Waals surface area contributed by atoms with Gasteiger partial charge in [-0.3, -0.25) is 14.7 Å². The lowest BCUT2D eigenvalue weighted by atomic mass is 9.85. The van der Waals surface area contributed by atoms with Crippen LogP contribution in [0.15, 0.2) is 24.5 Å². The molecule has 2 rings (SSSR count). The number of rotatable bonds is 8. The predicted molar refractivity (Wildman–Crippen MR) is 77.0 cm³/mol. The fraction of sp³-hybridized carbons (Fsp3) is 0.600. The summed E-state index contributed by atoms with van der Waals surface area (Å²) in [6, 6.07) is 3.85. The first kappa shape index (κ1) is 14.9. The highest BCUT2D eigenvalue weighted by molar-refractivity contribution is 5.78. The second kappa shape index (κ2) is 7.97. The molecule has 1 aliphatic carbocycles. The molecular formula is C15H23N3O2. The molecular weight excluding hydrogens is 254 g/mol. The molecule has 1 saturated carbocycles. The van der Waals surface area contributed by atoms with Crippen LogP contribution in [0.5, 0.6) is 0 Å². The molecule has 20 heavy (non-hydrogen) atoms. The van der Waals surface area contributed by atoms with Crippen molar-refractivity contribution >= 4 is 5.91 Å². The largest absolute Gasteiger partial charge is 0.395 e. The summed E-state index contributed by atoms with van der Waals surface area (Å²) in [7, 11) is 0. The summed E-state index contributed by atoms with van der Waals surface area (Å²) < 4.78 is 0. The van der Waals surface area contributed by atoms with Gasteiger partial charge in [0.05, 0.1) is 13.2 Å². The second-order valence-corrected chi connectivity index (χ2v) is 5.40. The summed E-state index contributed by atoms with van der Waals surface area (Å²) in [6.45, 7) is 2.29. The zero-order chi connectivity index (χ0) is 14.2. The summed E-state index contributed by atoms with van der Waals surface area (Å²) in [5, 5.41) is 12.1. The Hall–Kier alpha value is -1.46. The van der Waals surface area contributed by atoms with E-state index >= 15 is 0 Å². The molecule has 1 aromatic heterocycles. The van der Waals surface area contributed by atoms with Crippen molar-refractivity contribution in [3.8, 4) is 0 Å². The molecule has 0 atom stereocenters. The van der Waals surface area contributed by atoms with Crippen molar-refractivity contribution in [3.63, 3.8) is 0 Å². The molecule has 1 amide bonds. The third-order valence-corrected chi connectivity index (χ3v) is 3.73. The average molecular weight is 277 g/mol. The van der Waals surface area contributed by atoms with Crippen molar-refractivity contribution in [2.45, 2.75) is 25.8 Å². The van der Waals surface area contributed by atoms with E-state index in [4.69, 9.17) is 5.11 Å². The molecule has 1 aromatic rings. The first-order chi connectivity index (χ1) is 9.78. The molecule has 0 radical (unpaired) electrons. The van der Waals surface area contributed by atoms with Crippen molar-refractivity contribution in [2.75, 3.05) is 26.2 Å². The van der Waals surface area contributed by atoms with Crippen molar-refractivity contribution in [3.05, 3.63) is 30.1 Å². The van der Waals surface area contributed by atoms with Crippen LogP contribution in [0.3, 0.4) is 0 Å². The Bertz CT molecular complexity index is 407. The number of hydrogen-bond donors (Lipinski definition) is 2. The maximum absolute atomic E-state index is 11.9. The Balaban J connectivity index is 1.76. The van der Waals surface area contributed by atoms with Crippen LogP contribution in [0.25, 0.3) is 0 Å². The number of aliphatic hydroxyl groups excluding tert-OH is 1. The summed E-state index contributed by atoms with van der Waals surface area (Å²) in [6.07, 6.45) is 7.27. The van der Waals surface area contributed by atoms with Crippen LogP contribution >= 0.6 is 0 Å². The molecule has 0 aromatic carbocycles. The van der Waals surface area contributed by atoms with E-state index in [1.807, 2.05) is 17.0 Å². The van der Waals surface area contributed by atoms with E-state index in [-0.39, 0.29) is 12.5 Å². The number of hydrogen-bond acceptors (Lipinski definition) is 4. The molecule has 5 heteroatoms. The zero-order valence-corrected chi connectivity index (χ0v) is 11.8. The number of nitrogens with one attached hydrogen (secondary N) is 1. The number of nitrogens with zero attached hydrogens (tertiary/aromatic N) is 2. The van der Waals surface area contributed by atoms with Crippen LogP contribution in [0.2, 0.25) is 0 Å². The lowest BCUT2D eigenvalue weighted by molar-refractivity contribution is -0.122. The van der Waals surface area contributed by atoms with Crippen LogP contribution in [-0.2, 0) is 11.3 Å².